The predicted octanol–water partition coefficient (Wildman–Crippen LogP) is 2.45. The second kappa shape index (κ2) is 7.88. The lowest BCUT2D eigenvalue weighted by molar-refractivity contribution is 0.545. The molecule has 0 aromatic heterocycles. The molecular formula is C11H23NO2S. The fourth-order valence-corrected chi connectivity index (χ4v) is 2.17. The van der Waals surface area contributed by atoms with Crippen LogP contribution in [0.25, 0.3) is 0 Å². The lowest BCUT2D eigenvalue weighted by Gasteiger charge is -2.12. The van der Waals surface area contributed by atoms with Crippen LogP contribution in [-0.4, -0.2) is 20.7 Å². The topological polar surface area (TPSA) is 46.2 Å². The zero-order chi connectivity index (χ0) is 11.7. The summed E-state index contributed by atoms with van der Waals surface area (Å²) in [5.41, 5.74) is 0. The van der Waals surface area contributed by atoms with Crippen molar-refractivity contribution in [3.8, 4) is 0 Å². The largest absolute Gasteiger partial charge is 0.213 e. The van der Waals surface area contributed by atoms with Crippen molar-refractivity contribution in [2.24, 2.45) is 0 Å². The third-order valence-corrected chi connectivity index (χ3v) is 2.95. The van der Waals surface area contributed by atoms with Gasteiger partial charge in [-0.05, 0) is 19.3 Å². The fourth-order valence-electron chi connectivity index (χ4n) is 1.30. The van der Waals surface area contributed by atoms with Crippen molar-refractivity contribution in [3.05, 3.63) is 12.2 Å². The monoisotopic (exact) mass is 233 g/mol. The van der Waals surface area contributed by atoms with E-state index in [1.165, 1.54) is 19.1 Å². The number of hydrogen-bond acceptors (Lipinski definition) is 2. The van der Waals surface area contributed by atoms with E-state index in [1.807, 2.05) is 6.92 Å². The Labute approximate surface area is 94.0 Å². The van der Waals surface area contributed by atoms with Gasteiger partial charge in [0.15, 0.2) is 0 Å². The van der Waals surface area contributed by atoms with Crippen LogP contribution < -0.4 is 4.72 Å². The van der Waals surface area contributed by atoms with Gasteiger partial charge in [0, 0.05) is 6.04 Å². The van der Waals surface area contributed by atoms with E-state index in [0.29, 0.717) is 0 Å². The summed E-state index contributed by atoms with van der Waals surface area (Å²) < 4.78 is 24.6. The number of sulfonamides is 1. The van der Waals surface area contributed by atoms with E-state index < -0.39 is 10.0 Å². The molecule has 0 amide bonds. The highest BCUT2D eigenvalue weighted by Gasteiger charge is 2.09. The smallest absolute Gasteiger partial charge is 0.208 e. The van der Waals surface area contributed by atoms with E-state index >= 15 is 0 Å². The average molecular weight is 233 g/mol. The van der Waals surface area contributed by atoms with Crippen LogP contribution in [0.15, 0.2) is 12.2 Å². The molecule has 0 saturated carbocycles. The van der Waals surface area contributed by atoms with Crippen molar-refractivity contribution >= 4 is 10.0 Å². The van der Waals surface area contributed by atoms with E-state index in [0.717, 1.165) is 19.3 Å². The Bertz CT molecular complexity index is 270. The normalized spacial score (nSPS) is 14.6. The van der Waals surface area contributed by atoms with Crippen LogP contribution in [0.3, 0.4) is 0 Å². The maximum absolute atomic E-state index is 11.0. The van der Waals surface area contributed by atoms with Gasteiger partial charge in [-0.25, -0.2) is 13.1 Å². The summed E-state index contributed by atoms with van der Waals surface area (Å²) in [4.78, 5) is 0. The lowest BCUT2D eigenvalue weighted by atomic mass is 10.1. The molecule has 0 saturated heterocycles. The first-order valence-electron chi connectivity index (χ1n) is 5.61. The van der Waals surface area contributed by atoms with Crippen LogP contribution in [0.1, 0.15) is 46.0 Å². The number of nitrogens with one attached hydrogen (secondary N) is 1. The minimum atomic E-state index is -3.07. The second-order valence-electron chi connectivity index (χ2n) is 3.84. The van der Waals surface area contributed by atoms with Crippen LogP contribution in [0.2, 0.25) is 0 Å². The Hall–Kier alpha value is -0.350. The number of rotatable bonds is 8. The molecule has 0 radical (unpaired) electrons. The van der Waals surface area contributed by atoms with Crippen LogP contribution >= 0.6 is 0 Å². The Balaban J connectivity index is 3.85. The molecular weight excluding hydrogens is 210 g/mol. The maximum atomic E-state index is 11.0. The first kappa shape index (κ1) is 14.6. The van der Waals surface area contributed by atoms with Crippen molar-refractivity contribution in [3.63, 3.8) is 0 Å². The van der Waals surface area contributed by atoms with Gasteiger partial charge in [-0.15, -0.1) is 0 Å². The molecule has 15 heavy (non-hydrogen) atoms. The number of hydrogen-bond donors (Lipinski definition) is 1. The predicted molar refractivity (Wildman–Crippen MR) is 65.3 cm³/mol. The third-order valence-electron chi connectivity index (χ3n) is 2.19. The minimum Gasteiger partial charge on any atom is -0.213 e. The molecule has 0 rings (SSSR count). The average Bonchev–Trinajstić information content (AvgIpc) is 2.14. The fraction of sp³-hybridized carbons (Fsp3) is 0.818. The molecule has 0 heterocycles. The van der Waals surface area contributed by atoms with Gasteiger partial charge in [0.2, 0.25) is 10.0 Å². The van der Waals surface area contributed by atoms with Crippen molar-refractivity contribution in [2.75, 3.05) is 6.26 Å². The molecule has 1 N–H and O–H groups in total. The van der Waals surface area contributed by atoms with Gasteiger partial charge in [0.1, 0.15) is 0 Å². The van der Waals surface area contributed by atoms with E-state index in [4.69, 9.17) is 0 Å². The SMILES string of the molecule is CCCC/C=C/CC(CC)NS(C)(=O)=O. The summed E-state index contributed by atoms with van der Waals surface area (Å²) in [6.07, 6.45) is 10.5. The molecule has 1 atom stereocenters. The van der Waals surface area contributed by atoms with Crippen LogP contribution in [0, 0.1) is 0 Å². The summed E-state index contributed by atoms with van der Waals surface area (Å²) in [5.74, 6) is 0. The maximum Gasteiger partial charge on any atom is 0.208 e. The zero-order valence-electron chi connectivity index (χ0n) is 9.99. The molecule has 4 heteroatoms. The van der Waals surface area contributed by atoms with Gasteiger partial charge < -0.3 is 0 Å². The molecule has 3 nitrogen and oxygen atoms in total. The molecule has 1 unspecified atom stereocenters. The van der Waals surface area contributed by atoms with E-state index in [-0.39, 0.29) is 6.04 Å². The minimum absolute atomic E-state index is 0.0397. The molecule has 0 spiro atoms. The Morgan fingerprint density at radius 1 is 1.27 bits per heavy atom. The Morgan fingerprint density at radius 2 is 1.93 bits per heavy atom. The summed E-state index contributed by atoms with van der Waals surface area (Å²) in [6.45, 7) is 4.15. The summed E-state index contributed by atoms with van der Waals surface area (Å²) >= 11 is 0. The standard InChI is InChI=1S/C11H23NO2S/c1-4-6-7-8-9-10-11(5-2)12-15(3,13)14/h8-9,11-12H,4-7,10H2,1-3H3/b9-8+. The zero-order valence-corrected chi connectivity index (χ0v) is 10.8. The molecule has 90 valence electrons. The van der Waals surface area contributed by atoms with Crippen LogP contribution in [-0.2, 0) is 10.0 Å². The summed E-state index contributed by atoms with van der Waals surface area (Å²) in [7, 11) is -3.07. The second-order valence-corrected chi connectivity index (χ2v) is 5.62. The van der Waals surface area contributed by atoms with E-state index in [2.05, 4.69) is 23.8 Å². The van der Waals surface area contributed by atoms with Crippen LogP contribution in [0.5, 0.6) is 0 Å². The van der Waals surface area contributed by atoms with Crippen molar-refractivity contribution in [2.45, 2.75) is 52.0 Å². The highest BCUT2D eigenvalue weighted by molar-refractivity contribution is 7.88. The molecule has 0 aromatic carbocycles. The van der Waals surface area contributed by atoms with E-state index in [9.17, 15) is 8.42 Å². The summed E-state index contributed by atoms with van der Waals surface area (Å²) in [5, 5.41) is 0. The third kappa shape index (κ3) is 9.94. The highest BCUT2D eigenvalue weighted by Crippen LogP contribution is 2.02. The first-order valence-corrected chi connectivity index (χ1v) is 7.51. The molecule has 0 aliphatic heterocycles. The Kier molecular flexibility index (Phi) is 7.70. The van der Waals surface area contributed by atoms with Crippen LogP contribution in [0.4, 0.5) is 0 Å². The van der Waals surface area contributed by atoms with Gasteiger partial charge in [-0.1, -0.05) is 38.8 Å². The van der Waals surface area contributed by atoms with Gasteiger partial charge in [0.05, 0.1) is 6.26 Å². The van der Waals surface area contributed by atoms with Crippen molar-refractivity contribution < 1.29 is 8.42 Å². The van der Waals surface area contributed by atoms with Gasteiger partial charge in [-0.3, -0.25) is 0 Å². The summed E-state index contributed by atoms with van der Waals surface area (Å²) in [6, 6.07) is 0.0397. The Morgan fingerprint density at radius 3 is 2.40 bits per heavy atom. The molecule has 0 aliphatic carbocycles. The molecule has 0 bridgehead atoms. The molecule has 0 fully saturated rings. The first-order chi connectivity index (χ1) is 6.99. The van der Waals surface area contributed by atoms with Gasteiger partial charge in [0.25, 0.3) is 0 Å². The van der Waals surface area contributed by atoms with Crippen molar-refractivity contribution in [1.82, 2.24) is 4.72 Å². The number of allylic oxidation sites excluding steroid dienone is 1. The number of unbranched alkanes of at least 4 members (excludes halogenated alkanes) is 2. The van der Waals surface area contributed by atoms with Gasteiger partial charge in [-0.2, -0.15) is 0 Å². The van der Waals surface area contributed by atoms with Crippen molar-refractivity contribution in [1.29, 1.82) is 0 Å². The quantitative estimate of drug-likeness (QED) is 0.517. The molecule has 0 aliphatic rings. The highest BCUT2D eigenvalue weighted by atomic mass is 32.2. The van der Waals surface area contributed by atoms with E-state index in [1.54, 1.807) is 0 Å². The van der Waals surface area contributed by atoms with Gasteiger partial charge >= 0.3 is 0 Å². The lowest BCUT2D eigenvalue weighted by Crippen LogP contribution is -2.32. The molecule has 0 aromatic rings.